The van der Waals surface area contributed by atoms with Crippen LogP contribution in [0.3, 0.4) is 0 Å². The van der Waals surface area contributed by atoms with Gasteiger partial charge in [0.1, 0.15) is 5.75 Å². The highest BCUT2D eigenvalue weighted by atomic mass is 32.2. The fourth-order valence-corrected chi connectivity index (χ4v) is 3.16. The number of thioether (sulfide) groups is 1. The summed E-state index contributed by atoms with van der Waals surface area (Å²) in [5.41, 5.74) is 2.51. The van der Waals surface area contributed by atoms with Crippen molar-refractivity contribution < 1.29 is 4.74 Å². The minimum absolute atomic E-state index is 0.274. The van der Waals surface area contributed by atoms with Gasteiger partial charge in [-0.25, -0.2) is 0 Å². The van der Waals surface area contributed by atoms with E-state index >= 15 is 0 Å². The van der Waals surface area contributed by atoms with E-state index in [9.17, 15) is 0 Å². The van der Waals surface area contributed by atoms with Crippen molar-refractivity contribution in [1.29, 1.82) is 0 Å². The summed E-state index contributed by atoms with van der Waals surface area (Å²) in [5, 5.41) is 3.50. The lowest BCUT2D eigenvalue weighted by molar-refractivity contribution is 0.402. The minimum Gasteiger partial charge on any atom is -0.496 e. The topological polar surface area (TPSA) is 24.5 Å². The molecule has 0 aliphatic carbocycles. The van der Waals surface area contributed by atoms with Crippen LogP contribution in [0, 0.1) is 0 Å². The molecule has 0 fully saturated rings. The molecule has 21 heavy (non-hydrogen) atoms. The van der Waals surface area contributed by atoms with Crippen LogP contribution in [-0.2, 0) is 0 Å². The summed E-state index contributed by atoms with van der Waals surface area (Å²) in [6.07, 6.45) is 3.35. The van der Waals surface area contributed by atoms with Crippen LogP contribution in [0.5, 0.6) is 5.75 Å². The Balaban J connectivity index is 3.09. The molecule has 4 heteroatoms. The maximum absolute atomic E-state index is 5.59. The Bertz CT molecular complexity index is 425. The fourth-order valence-electron chi connectivity index (χ4n) is 2.58. The van der Waals surface area contributed by atoms with Gasteiger partial charge in [-0.1, -0.05) is 13.0 Å². The molecule has 0 heterocycles. The van der Waals surface area contributed by atoms with E-state index in [1.807, 2.05) is 17.8 Å². The van der Waals surface area contributed by atoms with E-state index in [-0.39, 0.29) is 6.04 Å². The first-order chi connectivity index (χ1) is 10.1. The number of hydrogen-bond donors (Lipinski definition) is 1. The highest BCUT2D eigenvalue weighted by Gasteiger charge is 2.20. The molecule has 1 N–H and O–H groups in total. The van der Waals surface area contributed by atoms with E-state index in [1.54, 1.807) is 7.11 Å². The first kappa shape index (κ1) is 18.2. The number of rotatable bonds is 9. The van der Waals surface area contributed by atoms with Crippen molar-refractivity contribution in [3.8, 4) is 5.75 Å². The fraction of sp³-hybridized carbons (Fsp3) is 0.647. The van der Waals surface area contributed by atoms with Crippen LogP contribution in [-0.4, -0.2) is 38.8 Å². The second-order valence-corrected chi connectivity index (χ2v) is 6.40. The summed E-state index contributed by atoms with van der Waals surface area (Å²) in [6.45, 7) is 7.57. The van der Waals surface area contributed by atoms with Crippen LogP contribution in [0.2, 0.25) is 0 Å². The molecular weight excluding hydrogens is 280 g/mol. The molecule has 0 saturated carbocycles. The van der Waals surface area contributed by atoms with Crippen LogP contribution in [0.15, 0.2) is 18.2 Å². The molecule has 0 saturated heterocycles. The molecule has 0 bridgehead atoms. The van der Waals surface area contributed by atoms with Gasteiger partial charge in [0.2, 0.25) is 0 Å². The van der Waals surface area contributed by atoms with Gasteiger partial charge in [-0.2, -0.15) is 11.8 Å². The molecule has 0 aliphatic heterocycles. The third-order valence-electron chi connectivity index (χ3n) is 3.99. The molecule has 1 aromatic carbocycles. The molecule has 0 spiro atoms. The zero-order valence-corrected chi connectivity index (χ0v) is 15.1. The number of nitrogens with zero attached hydrogens (tertiary/aromatic N) is 1. The van der Waals surface area contributed by atoms with Crippen molar-refractivity contribution in [3.63, 3.8) is 0 Å². The standard InChI is InChI=1S/C17H30N2OS/c1-7-18-14(3)17-15(9-8-10-16(17)20-5)19(4)13(2)11-12-21-6/h8-10,13-14,18H,7,11-12H2,1-6H3. The van der Waals surface area contributed by atoms with E-state index < -0.39 is 0 Å². The molecule has 3 nitrogen and oxygen atoms in total. The normalized spacial score (nSPS) is 13.8. The molecule has 1 aromatic rings. The van der Waals surface area contributed by atoms with E-state index in [0.717, 1.165) is 12.3 Å². The number of methoxy groups -OCH3 is 1. The van der Waals surface area contributed by atoms with Crippen LogP contribution < -0.4 is 15.0 Å². The second-order valence-electron chi connectivity index (χ2n) is 5.41. The van der Waals surface area contributed by atoms with Gasteiger partial charge in [0.15, 0.2) is 0 Å². The average molecular weight is 311 g/mol. The highest BCUT2D eigenvalue weighted by Crippen LogP contribution is 2.35. The van der Waals surface area contributed by atoms with Crippen molar-refractivity contribution in [2.45, 2.75) is 39.3 Å². The lowest BCUT2D eigenvalue weighted by atomic mass is 10.0. The lowest BCUT2D eigenvalue weighted by Gasteiger charge is -2.31. The number of benzene rings is 1. The van der Waals surface area contributed by atoms with Gasteiger partial charge in [-0.15, -0.1) is 0 Å². The minimum atomic E-state index is 0.274. The molecule has 0 aliphatic rings. The molecular formula is C17H30N2OS. The molecule has 0 radical (unpaired) electrons. The zero-order chi connectivity index (χ0) is 15.8. The summed E-state index contributed by atoms with van der Waals surface area (Å²) >= 11 is 1.91. The van der Waals surface area contributed by atoms with Crippen LogP contribution >= 0.6 is 11.8 Å². The van der Waals surface area contributed by atoms with Crippen molar-refractivity contribution in [2.24, 2.45) is 0 Å². The molecule has 2 atom stereocenters. The average Bonchev–Trinajstić information content (AvgIpc) is 2.51. The predicted octanol–water partition coefficient (Wildman–Crippen LogP) is 3.94. The van der Waals surface area contributed by atoms with Gasteiger partial charge in [0.05, 0.1) is 7.11 Å². The number of anilines is 1. The first-order valence-electron chi connectivity index (χ1n) is 7.68. The Labute approximate surface area is 134 Å². The van der Waals surface area contributed by atoms with E-state index in [0.29, 0.717) is 6.04 Å². The highest BCUT2D eigenvalue weighted by molar-refractivity contribution is 7.98. The van der Waals surface area contributed by atoms with E-state index in [2.05, 4.69) is 56.4 Å². The van der Waals surface area contributed by atoms with Gasteiger partial charge in [0, 0.05) is 30.4 Å². The third-order valence-corrected chi connectivity index (χ3v) is 4.63. The van der Waals surface area contributed by atoms with Crippen molar-refractivity contribution in [1.82, 2.24) is 5.32 Å². The third kappa shape index (κ3) is 4.82. The van der Waals surface area contributed by atoms with Crippen LogP contribution in [0.25, 0.3) is 0 Å². The summed E-state index contributed by atoms with van der Waals surface area (Å²) < 4.78 is 5.59. The predicted molar refractivity (Wildman–Crippen MR) is 95.9 cm³/mol. The maximum Gasteiger partial charge on any atom is 0.125 e. The number of hydrogen-bond acceptors (Lipinski definition) is 4. The molecule has 0 aromatic heterocycles. The quantitative estimate of drug-likeness (QED) is 0.746. The summed E-state index contributed by atoms with van der Waals surface area (Å²) in [7, 11) is 3.93. The van der Waals surface area contributed by atoms with Gasteiger partial charge in [0.25, 0.3) is 0 Å². The number of ether oxygens (including phenoxy) is 1. The van der Waals surface area contributed by atoms with E-state index in [4.69, 9.17) is 4.74 Å². The summed E-state index contributed by atoms with van der Waals surface area (Å²) in [4.78, 5) is 2.38. The van der Waals surface area contributed by atoms with Crippen LogP contribution in [0.4, 0.5) is 5.69 Å². The Morgan fingerprint density at radius 3 is 2.62 bits per heavy atom. The Morgan fingerprint density at radius 1 is 1.33 bits per heavy atom. The summed E-state index contributed by atoms with van der Waals surface area (Å²) in [6, 6.07) is 7.11. The van der Waals surface area contributed by atoms with Gasteiger partial charge in [-0.05, 0) is 51.0 Å². The lowest BCUT2D eigenvalue weighted by Crippen LogP contribution is -2.31. The molecule has 2 unspecified atom stereocenters. The van der Waals surface area contributed by atoms with Gasteiger partial charge < -0.3 is 15.0 Å². The SMILES string of the molecule is CCNC(C)c1c(OC)cccc1N(C)C(C)CCSC. The Kier molecular flexibility index (Phi) is 7.97. The van der Waals surface area contributed by atoms with Gasteiger partial charge >= 0.3 is 0 Å². The zero-order valence-electron chi connectivity index (χ0n) is 14.3. The van der Waals surface area contributed by atoms with Crippen molar-refractivity contribution in [3.05, 3.63) is 23.8 Å². The molecule has 1 rings (SSSR count). The molecule has 120 valence electrons. The van der Waals surface area contributed by atoms with E-state index in [1.165, 1.54) is 23.4 Å². The summed E-state index contributed by atoms with van der Waals surface area (Å²) in [5.74, 6) is 2.15. The second kappa shape index (κ2) is 9.21. The maximum atomic E-state index is 5.59. The first-order valence-corrected chi connectivity index (χ1v) is 9.08. The monoisotopic (exact) mass is 310 g/mol. The Hall–Kier alpha value is -0.870. The van der Waals surface area contributed by atoms with Crippen LogP contribution in [0.1, 0.15) is 38.8 Å². The molecule has 0 amide bonds. The largest absolute Gasteiger partial charge is 0.496 e. The number of nitrogens with one attached hydrogen (secondary N) is 1. The van der Waals surface area contributed by atoms with Gasteiger partial charge in [-0.3, -0.25) is 0 Å². The smallest absolute Gasteiger partial charge is 0.125 e. The van der Waals surface area contributed by atoms with Crippen molar-refractivity contribution >= 4 is 17.4 Å². The Morgan fingerprint density at radius 2 is 2.05 bits per heavy atom. The van der Waals surface area contributed by atoms with Crippen molar-refractivity contribution in [2.75, 3.05) is 37.6 Å².